The zero-order valence-corrected chi connectivity index (χ0v) is 9.72. The number of rotatable bonds is 0. The van der Waals surface area contributed by atoms with Crippen molar-refractivity contribution < 1.29 is 0 Å². The summed E-state index contributed by atoms with van der Waals surface area (Å²) in [7, 11) is 0. The summed E-state index contributed by atoms with van der Waals surface area (Å²) < 4.78 is 0. The molecule has 2 saturated carbocycles. The zero-order valence-electron chi connectivity index (χ0n) is 9.72. The fourth-order valence-corrected chi connectivity index (χ4v) is 4.56. The van der Waals surface area contributed by atoms with Gasteiger partial charge in [0.2, 0.25) is 0 Å². The van der Waals surface area contributed by atoms with Crippen molar-refractivity contribution in [3.63, 3.8) is 0 Å². The van der Waals surface area contributed by atoms with Gasteiger partial charge in [0.25, 0.3) is 0 Å². The van der Waals surface area contributed by atoms with Gasteiger partial charge in [0.1, 0.15) is 0 Å². The molecule has 0 unspecified atom stereocenters. The molecule has 0 radical (unpaired) electrons. The number of hydrogen-bond acceptors (Lipinski definition) is 0. The van der Waals surface area contributed by atoms with E-state index in [-0.39, 0.29) is 0 Å². The molecule has 0 saturated heterocycles. The van der Waals surface area contributed by atoms with Gasteiger partial charge in [-0.15, -0.1) is 0 Å². The van der Waals surface area contributed by atoms with Crippen molar-refractivity contribution in [1.82, 2.24) is 0 Å². The molecule has 0 N–H and O–H groups in total. The quantitative estimate of drug-likeness (QED) is 0.506. The molecule has 0 heteroatoms. The maximum absolute atomic E-state index is 2.51. The minimum Gasteiger partial charge on any atom is -0.0853 e. The molecule has 78 valence electrons. The largest absolute Gasteiger partial charge is 0.0853 e. The minimum atomic E-state index is 0.672. The van der Waals surface area contributed by atoms with Gasteiger partial charge in [0, 0.05) is 0 Å². The highest BCUT2D eigenvalue weighted by atomic mass is 14.7. The third-order valence-electron chi connectivity index (χ3n) is 5.41. The molecule has 0 aromatic carbocycles. The Morgan fingerprint density at radius 1 is 1.21 bits per heavy atom. The molecule has 0 heterocycles. The Morgan fingerprint density at radius 3 is 2.79 bits per heavy atom. The lowest BCUT2D eigenvalue weighted by Gasteiger charge is -2.35. The van der Waals surface area contributed by atoms with Gasteiger partial charge < -0.3 is 0 Å². The van der Waals surface area contributed by atoms with E-state index in [2.05, 4.69) is 26.8 Å². The van der Waals surface area contributed by atoms with Crippen LogP contribution < -0.4 is 0 Å². The van der Waals surface area contributed by atoms with Crippen molar-refractivity contribution in [2.45, 2.75) is 46.5 Å². The molecule has 0 bridgehead atoms. The summed E-state index contributed by atoms with van der Waals surface area (Å²) >= 11 is 0. The highest BCUT2D eigenvalue weighted by Crippen LogP contribution is 2.70. The second kappa shape index (κ2) is 2.65. The molecule has 14 heavy (non-hydrogen) atoms. The second-order valence-electron chi connectivity index (χ2n) is 6.34. The predicted octanol–water partition coefficient (Wildman–Crippen LogP) is 4.02. The Hall–Kier alpha value is -0.260. The second-order valence-corrected chi connectivity index (χ2v) is 6.34. The first-order valence-electron chi connectivity index (χ1n) is 6.29. The maximum Gasteiger partial charge on any atom is -0.0141 e. The molecule has 3 aliphatic carbocycles. The molecule has 4 atom stereocenters. The lowest BCUT2D eigenvalue weighted by molar-refractivity contribution is 0.227. The van der Waals surface area contributed by atoms with E-state index in [1.165, 1.54) is 25.7 Å². The molecule has 3 rings (SSSR count). The van der Waals surface area contributed by atoms with E-state index in [9.17, 15) is 0 Å². The standard InChI is InChI=1S/C14H22/c1-9-5-4-6-10-7-8-11-13(12(9)10)14(11,2)3/h5,10-13H,4,6-8H2,1-3H3/t10-,11+,12+,13+/m1/s1. The van der Waals surface area contributed by atoms with Gasteiger partial charge in [-0.25, -0.2) is 0 Å². The summed E-state index contributed by atoms with van der Waals surface area (Å²) in [6, 6.07) is 0. The van der Waals surface area contributed by atoms with Crippen LogP contribution in [-0.4, -0.2) is 0 Å². The monoisotopic (exact) mass is 190 g/mol. The van der Waals surface area contributed by atoms with Gasteiger partial charge in [0.15, 0.2) is 0 Å². The summed E-state index contributed by atoms with van der Waals surface area (Å²) in [4.78, 5) is 0. The molecule has 0 amide bonds. The smallest absolute Gasteiger partial charge is 0.0141 e. The zero-order chi connectivity index (χ0) is 9.92. The molecule has 3 aliphatic rings. The van der Waals surface area contributed by atoms with Crippen LogP contribution in [0.5, 0.6) is 0 Å². The van der Waals surface area contributed by atoms with Crippen molar-refractivity contribution in [2.24, 2.45) is 29.1 Å². The van der Waals surface area contributed by atoms with E-state index >= 15 is 0 Å². The molecule has 0 aromatic heterocycles. The van der Waals surface area contributed by atoms with Crippen molar-refractivity contribution in [1.29, 1.82) is 0 Å². The van der Waals surface area contributed by atoms with Crippen LogP contribution in [0, 0.1) is 29.1 Å². The summed E-state index contributed by atoms with van der Waals surface area (Å²) in [6.45, 7) is 7.37. The first-order valence-corrected chi connectivity index (χ1v) is 6.29. The van der Waals surface area contributed by atoms with Crippen molar-refractivity contribution in [3.8, 4) is 0 Å². The predicted molar refractivity (Wildman–Crippen MR) is 60.0 cm³/mol. The fourth-order valence-electron chi connectivity index (χ4n) is 4.56. The summed E-state index contributed by atoms with van der Waals surface area (Å²) in [5.74, 6) is 4.11. The van der Waals surface area contributed by atoms with Gasteiger partial charge in [-0.2, -0.15) is 0 Å². The average molecular weight is 190 g/mol. The molecule has 2 fully saturated rings. The highest BCUT2D eigenvalue weighted by Gasteiger charge is 2.63. The van der Waals surface area contributed by atoms with Crippen LogP contribution in [0.25, 0.3) is 0 Å². The Balaban J connectivity index is 1.92. The van der Waals surface area contributed by atoms with Gasteiger partial charge in [0.05, 0.1) is 0 Å². The highest BCUT2D eigenvalue weighted by molar-refractivity contribution is 5.22. The lowest BCUT2D eigenvalue weighted by Crippen LogP contribution is -2.26. The van der Waals surface area contributed by atoms with E-state index in [1.54, 1.807) is 5.57 Å². The third kappa shape index (κ3) is 1.00. The summed E-state index contributed by atoms with van der Waals surface area (Å²) in [5.41, 5.74) is 2.40. The Morgan fingerprint density at radius 2 is 2.00 bits per heavy atom. The van der Waals surface area contributed by atoms with Crippen molar-refractivity contribution in [2.75, 3.05) is 0 Å². The summed E-state index contributed by atoms with van der Waals surface area (Å²) in [6.07, 6.45) is 8.37. The van der Waals surface area contributed by atoms with Crippen LogP contribution in [0.3, 0.4) is 0 Å². The molecule has 0 aromatic rings. The van der Waals surface area contributed by atoms with Gasteiger partial charge in [-0.05, 0) is 61.7 Å². The maximum atomic E-state index is 2.51. The summed E-state index contributed by atoms with van der Waals surface area (Å²) in [5, 5.41) is 0. The van der Waals surface area contributed by atoms with Crippen LogP contribution >= 0.6 is 0 Å². The van der Waals surface area contributed by atoms with Crippen LogP contribution in [0.15, 0.2) is 11.6 Å². The van der Waals surface area contributed by atoms with Crippen molar-refractivity contribution >= 4 is 0 Å². The van der Waals surface area contributed by atoms with Gasteiger partial charge >= 0.3 is 0 Å². The first kappa shape index (κ1) is 9.00. The van der Waals surface area contributed by atoms with E-state index in [1.807, 2.05) is 0 Å². The molecular weight excluding hydrogens is 168 g/mol. The van der Waals surface area contributed by atoms with E-state index in [4.69, 9.17) is 0 Å². The van der Waals surface area contributed by atoms with E-state index in [0.29, 0.717) is 5.41 Å². The topological polar surface area (TPSA) is 0 Å². The molecule has 0 nitrogen and oxygen atoms in total. The average Bonchev–Trinajstić information content (AvgIpc) is 2.70. The third-order valence-corrected chi connectivity index (χ3v) is 5.41. The van der Waals surface area contributed by atoms with Gasteiger partial charge in [-0.1, -0.05) is 25.5 Å². The normalized spacial score (nSPS) is 48.9. The first-order chi connectivity index (χ1) is 6.62. The van der Waals surface area contributed by atoms with Crippen LogP contribution in [-0.2, 0) is 0 Å². The van der Waals surface area contributed by atoms with Crippen LogP contribution in [0.4, 0.5) is 0 Å². The van der Waals surface area contributed by atoms with E-state index < -0.39 is 0 Å². The van der Waals surface area contributed by atoms with Crippen LogP contribution in [0.2, 0.25) is 0 Å². The van der Waals surface area contributed by atoms with Crippen LogP contribution in [0.1, 0.15) is 46.5 Å². The number of hydrogen-bond donors (Lipinski definition) is 0. The van der Waals surface area contributed by atoms with Gasteiger partial charge in [-0.3, -0.25) is 0 Å². The van der Waals surface area contributed by atoms with E-state index in [0.717, 1.165) is 23.7 Å². The Bertz CT molecular complexity index is 284. The SMILES string of the molecule is CC1=CCC[C@@H]2CC[C@H]3[C@@H]([C@@H]12)C3(C)C. The lowest BCUT2D eigenvalue weighted by atomic mass is 9.70. The Labute approximate surface area is 87.8 Å². The molecule has 0 aliphatic heterocycles. The number of allylic oxidation sites excluding steroid dienone is 2. The minimum absolute atomic E-state index is 0.672. The molecular formula is C14H22. The fraction of sp³-hybridized carbons (Fsp3) is 0.857. The Kier molecular flexibility index (Phi) is 1.70. The number of fused-ring (bicyclic) bond motifs is 3. The molecule has 0 spiro atoms. The van der Waals surface area contributed by atoms with Crippen molar-refractivity contribution in [3.05, 3.63) is 11.6 Å².